The van der Waals surface area contributed by atoms with Crippen molar-refractivity contribution in [2.75, 3.05) is 13.2 Å². The predicted molar refractivity (Wildman–Crippen MR) is 52.6 cm³/mol. The first-order chi connectivity index (χ1) is 10.0. The molecule has 0 rings (SSSR count). The van der Waals surface area contributed by atoms with Gasteiger partial charge in [0.2, 0.25) is 0 Å². The highest BCUT2D eigenvalue weighted by molar-refractivity contribution is 5.18. The Hall–Kier alpha value is -1.27. The maximum atomic E-state index is 13.4. The Bertz CT molecular complexity index is 439. The fraction of sp³-hybridized carbons (Fsp3) is 0.800. The van der Waals surface area contributed by atoms with E-state index in [1.807, 2.05) is 0 Å². The summed E-state index contributed by atoms with van der Waals surface area (Å²) < 4.78 is 144. The van der Waals surface area contributed by atoms with Crippen LogP contribution in [0.15, 0.2) is 11.8 Å². The van der Waals surface area contributed by atoms with E-state index in [0.29, 0.717) is 0 Å². The summed E-state index contributed by atoms with van der Waals surface area (Å²) in [4.78, 5) is 0. The van der Waals surface area contributed by atoms with Crippen LogP contribution < -0.4 is 0 Å². The van der Waals surface area contributed by atoms with Gasteiger partial charge in [0.1, 0.15) is 0 Å². The Morgan fingerprint density at radius 1 is 0.826 bits per heavy atom. The maximum Gasteiger partial charge on any atom is 0.460 e. The fourth-order valence-electron chi connectivity index (χ4n) is 1.24. The summed E-state index contributed by atoms with van der Waals surface area (Å²) in [5.41, 5.74) is 0. The van der Waals surface area contributed by atoms with E-state index >= 15 is 0 Å². The average molecular weight is 370 g/mol. The van der Waals surface area contributed by atoms with Crippen molar-refractivity contribution in [1.82, 2.24) is 0 Å². The lowest BCUT2D eigenvalue weighted by Gasteiger charge is -2.37. The highest BCUT2D eigenvalue weighted by Gasteiger charge is 2.88. The van der Waals surface area contributed by atoms with Crippen LogP contribution in [0.4, 0.5) is 48.3 Å². The lowest BCUT2D eigenvalue weighted by atomic mass is 9.96. The second kappa shape index (κ2) is 6.32. The van der Waals surface area contributed by atoms with Crippen molar-refractivity contribution < 1.29 is 58.1 Å². The van der Waals surface area contributed by atoms with Crippen molar-refractivity contribution in [3.05, 3.63) is 11.8 Å². The van der Waals surface area contributed by atoms with E-state index in [9.17, 15) is 48.3 Å². The van der Waals surface area contributed by atoms with E-state index in [0.717, 1.165) is 6.92 Å². The molecule has 0 amide bonds. The van der Waals surface area contributed by atoms with Crippen molar-refractivity contribution in [1.29, 1.82) is 0 Å². The van der Waals surface area contributed by atoms with E-state index in [1.165, 1.54) is 0 Å². The molecule has 138 valence electrons. The third-order valence-corrected chi connectivity index (χ3v) is 2.43. The molecular weight excluding hydrogens is 361 g/mol. The van der Waals surface area contributed by atoms with Crippen LogP contribution in [0.3, 0.4) is 0 Å². The molecule has 0 aliphatic carbocycles. The molecule has 0 aliphatic heterocycles. The largest absolute Gasteiger partial charge is 0.492 e. The van der Waals surface area contributed by atoms with Crippen molar-refractivity contribution in [2.24, 2.45) is 0 Å². The molecule has 23 heavy (non-hydrogen) atoms. The zero-order valence-electron chi connectivity index (χ0n) is 11.0. The number of alkyl halides is 11. The molecule has 13 heteroatoms. The first-order valence-electron chi connectivity index (χ1n) is 5.54. The van der Waals surface area contributed by atoms with Crippen LogP contribution in [0.1, 0.15) is 6.92 Å². The third-order valence-electron chi connectivity index (χ3n) is 2.43. The van der Waals surface area contributed by atoms with Gasteiger partial charge in [0.25, 0.3) is 0 Å². The minimum Gasteiger partial charge on any atom is -0.492 e. The highest BCUT2D eigenvalue weighted by Crippen LogP contribution is 2.58. The molecule has 0 bridgehead atoms. The Balaban J connectivity index is 6.17. The number of rotatable bonds is 7. The van der Waals surface area contributed by atoms with Gasteiger partial charge in [0, 0.05) is 0 Å². The molecule has 0 aromatic carbocycles. The van der Waals surface area contributed by atoms with E-state index in [2.05, 4.69) is 4.74 Å². The standard InChI is InChI=1S/C10H9F11O2/c1-2-23-5(3-4-22)6(11,12)7(13,14)8(15,16)9(17,18)10(19,20)21/h3,22H,2,4H2,1H3/b5-3+. The van der Waals surface area contributed by atoms with Gasteiger partial charge in [0.15, 0.2) is 5.76 Å². The molecule has 0 saturated heterocycles. The van der Waals surface area contributed by atoms with Crippen LogP contribution in [0.2, 0.25) is 0 Å². The molecule has 1 N–H and O–H groups in total. The number of allylic oxidation sites excluding steroid dienone is 1. The molecule has 0 atom stereocenters. The summed E-state index contributed by atoms with van der Waals surface area (Å²) in [5, 5.41) is 8.33. The molecule has 0 spiro atoms. The van der Waals surface area contributed by atoms with Crippen molar-refractivity contribution in [3.63, 3.8) is 0 Å². The summed E-state index contributed by atoms with van der Waals surface area (Å²) in [6.45, 7) is -1.40. The van der Waals surface area contributed by atoms with Crippen molar-refractivity contribution in [3.8, 4) is 0 Å². The quantitative estimate of drug-likeness (QED) is 0.542. The lowest BCUT2D eigenvalue weighted by Crippen LogP contribution is -2.66. The van der Waals surface area contributed by atoms with Crippen molar-refractivity contribution in [2.45, 2.75) is 36.8 Å². The van der Waals surface area contributed by atoms with E-state index in [1.54, 1.807) is 0 Å². The predicted octanol–water partition coefficient (Wildman–Crippen LogP) is 4.00. The SMILES string of the molecule is CCO/C(=C/CO)C(F)(F)C(F)(F)C(F)(F)C(F)(F)C(F)(F)F. The molecule has 2 nitrogen and oxygen atoms in total. The molecule has 0 aliphatic rings. The van der Waals surface area contributed by atoms with E-state index in [-0.39, 0.29) is 6.08 Å². The second-order valence-electron chi connectivity index (χ2n) is 3.98. The lowest BCUT2D eigenvalue weighted by molar-refractivity contribution is -0.420. The smallest absolute Gasteiger partial charge is 0.460 e. The number of ether oxygens (including phenoxy) is 1. The Morgan fingerprint density at radius 2 is 1.26 bits per heavy atom. The second-order valence-corrected chi connectivity index (χ2v) is 3.98. The molecule has 0 aromatic rings. The number of hydrogen-bond donors (Lipinski definition) is 1. The maximum absolute atomic E-state index is 13.4. The average Bonchev–Trinajstić information content (AvgIpc) is 2.36. The van der Waals surface area contributed by atoms with Gasteiger partial charge in [-0.15, -0.1) is 0 Å². The summed E-state index contributed by atoms with van der Waals surface area (Å²) >= 11 is 0. The Morgan fingerprint density at radius 3 is 1.57 bits per heavy atom. The van der Waals surface area contributed by atoms with E-state index in [4.69, 9.17) is 5.11 Å². The van der Waals surface area contributed by atoms with Crippen LogP contribution in [0.25, 0.3) is 0 Å². The minimum absolute atomic E-state index is 0.265. The van der Waals surface area contributed by atoms with Crippen LogP contribution >= 0.6 is 0 Å². The van der Waals surface area contributed by atoms with Gasteiger partial charge in [-0.05, 0) is 13.0 Å². The van der Waals surface area contributed by atoms with E-state index < -0.39 is 48.8 Å². The molecular formula is C10H9F11O2. The Labute approximate surface area is 121 Å². The molecule has 0 unspecified atom stereocenters. The first kappa shape index (κ1) is 21.7. The summed E-state index contributed by atoms with van der Waals surface area (Å²) in [5.74, 6) is -30.8. The topological polar surface area (TPSA) is 29.5 Å². The van der Waals surface area contributed by atoms with Gasteiger partial charge in [-0.3, -0.25) is 0 Å². The zero-order valence-corrected chi connectivity index (χ0v) is 11.0. The Kier molecular flexibility index (Phi) is 5.97. The van der Waals surface area contributed by atoms with Gasteiger partial charge in [-0.25, -0.2) is 0 Å². The van der Waals surface area contributed by atoms with Crippen LogP contribution in [0.5, 0.6) is 0 Å². The fourth-order valence-corrected chi connectivity index (χ4v) is 1.24. The number of aliphatic hydroxyl groups is 1. The number of halogens is 11. The number of aliphatic hydroxyl groups excluding tert-OH is 1. The summed E-state index contributed by atoms with van der Waals surface area (Å²) in [6, 6.07) is 0. The highest BCUT2D eigenvalue weighted by atomic mass is 19.4. The van der Waals surface area contributed by atoms with Crippen LogP contribution in [0, 0.1) is 0 Å². The normalized spacial score (nSPS) is 15.8. The van der Waals surface area contributed by atoms with Gasteiger partial charge in [0.05, 0.1) is 13.2 Å². The third kappa shape index (κ3) is 3.33. The molecule has 0 fully saturated rings. The van der Waals surface area contributed by atoms with Gasteiger partial charge >= 0.3 is 29.9 Å². The van der Waals surface area contributed by atoms with Gasteiger partial charge in [-0.1, -0.05) is 0 Å². The molecule has 0 heterocycles. The van der Waals surface area contributed by atoms with Crippen molar-refractivity contribution >= 4 is 0 Å². The molecule has 0 radical (unpaired) electrons. The molecule has 0 aromatic heterocycles. The van der Waals surface area contributed by atoms with Gasteiger partial charge in [-0.2, -0.15) is 48.3 Å². The van der Waals surface area contributed by atoms with Crippen LogP contribution in [-0.4, -0.2) is 48.2 Å². The molecule has 0 saturated carbocycles. The summed E-state index contributed by atoms with van der Waals surface area (Å²) in [6.07, 6.45) is -7.48. The zero-order chi connectivity index (χ0) is 18.9. The minimum atomic E-state index is -7.51. The monoisotopic (exact) mass is 370 g/mol. The number of hydrogen-bond acceptors (Lipinski definition) is 2. The van der Waals surface area contributed by atoms with Crippen LogP contribution in [-0.2, 0) is 4.74 Å². The first-order valence-corrected chi connectivity index (χ1v) is 5.54. The van der Waals surface area contributed by atoms with Gasteiger partial charge < -0.3 is 9.84 Å². The summed E-state index contributed by atoms with van der Waals surface area (Å²) in [7, 11) is 0.